The fraction of sp³-hybridized carbons (Fsp3) is 0.500. The first kappa shape index (κ1) is 9.93. The number of likely N-dealkylation sites (tertiary alicyclic amines) is 1. The quantitative estimate of drug-likeness (QED) is 0.829. The summed E-state index contributed by atoms with van der Waals surface area (Å²) < 4.78 is 10.7. The van der Waals surface area contributed by atoms with Gasteiger partial charge in [-0.2, -0.15) is 0 Å². The van der Waals surface area contributed by atoms with Crippen molar-refractivity contribution < 1.29 is 9.47 Å². The molecule has 4 heteroatoms. The highest BCUT2D eigenvalue weighted by Crippen LogP contribution is 2.39. The van der Waals surface area contributed by atoms with Gasteiger partial charge in [-0.3, -0.25) is 4.90 Å². The van der Waals surface area contributed by atoms with Gasteiger partial charge in [-0.05, 0) is 24.1 Å². The van der Waals surface area contributed by atoms with E-state index in [1.54, 1.807) is 0 Å². The molecule has 1 aromatic carbocycles. The van der Waals surface area contributed by atoms with Crippen LogP contribution in [0.25, 0.3) is 0 Å². The van der Waals surface area contributed by atoms with Crippen LogP contribution in [-0.4, -0.2) is 31.3 Å². The third-order valence-electron chi connectivity index (χ3n) is 3.33. The van der Waals surface area contributed by atoms with Crippen LogP contribution < -0.4 is 15.2 Å². The fourth-order valence-electron chi connectivity index (χ4n) is 2.37. The van der Waals surface area contributed by atoms with Crippen LogP contribution in [0.15, 0.2) is 18.2 Å². The Morgan fingerprint density at radius 3 is 2.94 bits per heavy atom. The standard InChI is InChI=1S/C12H16N2O2/c13-4-6-14-5-3-10(14)9-1-2-11-12(7-9)16-8-15-11/h1-2,7,10H,3-6,8,13H2. The van der Waals surface area contributed by atoms with E-state index < -0.39 is 0 Å². The lowest BCUT2D eigenvalue weighted by Crippen LogP contribution is -2.43. The van der Waals surface area contributed by atoms with Crippen molar-refractivity contribution in [1.82, 2.24) is 4.90 Å². The monoisotopic (exact) mass is 220 g/mol. The number of benzene rings is 1. The number of fused-ring (bicyclic) bond motifs is 1. The van der Waals surface area contributed by atoms with Crippen LogP contribution in [0.1, 0.15) is 18.0 Å². The Kier molecular flexibility index (Phi) is 2.46. The largest absolute Gasteiger partial charge is 0.454 e. The average Bonchev–Trinajstić information content (AvgIpc) is 2.71. The van der Waals surface area contributed by atoms with E-state index in [1.165, 1.54) is 12.0 Å². The van der Waals surface area contributed by atoms with Gasteiger partial charge in [0, 0.05) is 25.7 Å². The lowest BCUT2D eigenvalue weighted by atomic mass is 9.94. The van der Waals surface area contributed by atoms with Crippen molar-refractivity contribution in [3.8, 4) is 11.5 Å². The molecule has 0 amide bonds. The molecule has 0 radical (unpaired) electrons. The zero-order valence-electron chi connectivity index (χ0n) is 9.19. The van der Waals surface area contributed by atoms with E-state index >= 15 is 0 Å². The Bertz CT molecular complexity index is 395. The lowest BCUT2D eigenvalue weighted by molar-refractivity contribution is 0.0949. The molecule has 86 valence electrons. The zero-order valence-corrected chi connectivity index (χ0v) is 9.19. The minimum atomic E-state index is 0.343. The average molecular weight is 220 g/mol. The first-order valence-electron chi connectivity index (χ1n) is 5.72. The summed E-state index contributed by atoms with van der Waals surface area (Å²) in [6, 6.07) is 6.73. The molecule has 0 spiro atoms. The van der Waals surface area contributed by atoms with Crippen molar-refractivity contribution in [2.24, 2.45) is 5.73 Å². The van der Waals surface area contributed by atoms with Crippen LogP contribution in [0.3, 0.4) is 0 Å². The molecule has 2 aliphatic heterocycles. The Morgan fingerprint density at radius 1 is 1.31 bits per heavy atom. The van der Waals surface area contributed by atoms with Gasteiger partial charge >= 0.3 is 0 Å². The van der Waals surface area contributed by atoms with E-state index in [1.807, 2.05) is 6.07 Å². The van der Waals surface area contributed by atoms with Crippen molar-refractivity contribution in [3.05, 3.63) is 23.8 Å². The molecule has 2 heterocycles. The number of ether oxygens (including phenoxy) is 2. The first-order chi connectivity index (χ1) is 7.88. The summed E-state index contributed by atoms with van der Waals surface area (Å²) in [5.41, 5.74) is 6.89. The second kappa shape index (κ2) is 3.96. The summed E-state index contributed by atoms with van der Waals surface area (Å²) in [5, 5.41) is 0. The highest BCUT2D eigenvalue weighted by atomic mass is 16.7. The molecule has 0 aliphatic carbocycles. The maximum atomic E-state index is 5.58. The van der Waals surface area contributed by atoms with E-state index in [-0.39, 0.29) is 0 Å². The van der Waals surface area contributed by atoms with Crippen LogP contribution in [0, 0.1) is 0 Å². The van der Waals surface area contributed by atoms with Gasteiger partial charge in [0.25, 0.3) is 0 Å². The van der Waals surface area contributed by atoms with Crippen molar-refractivity contribution in [2.45, 2.75) is 12.5 Å². The summed E-state index contributed by atoms with van der Waals surface area (Å²) in [6.45, 7) is 3.19. The Labute approximate surface area is 94.9 Å². The molecule has 1 unspecified atom stereocenters. The van der Waals surface area contributed by atoms with E-state index in [4.69, 9.17) is 15.2 Å². The molecule has 0 saturated carbocycles. The smallest absolute Gasteiger partial charge is 0.231 e. The van der Waals surface area contributed by atoms with Gasteiger partial charge in [-0.15, -0.1) is 0 Å². The van der Waals surface area contributed by atoms with Gasteiger partial charge < -0.3 is 15.2 Å². The predicted molar refractivity (Wildman–Crippen MR) is 60.6 cm³/mol. The maximum absolute atomic E-state index is 5.58. The van der Waals surface area contributed by atoms with Gasteiger partial charge in [0.15, 0.2) is 11.5 Å². The predicted octanol–water partition coefficient (Wildman–Crippen LogP) is 1.12. The van der Waals surface area contributed by atoms with Crippen LogP contribution in [-0.2, 0) is 0 Å². The van der Waals surface area contributed by atoms with Crippen LogP contribution in [0.5, 0.6) is 11.5 Å². The SMILES string of the molecule is NCCN1CCC1c1ccc2c(c1)OCO2. The maximum Gasteiger partial charge on any atom is 0.231 e. The Hall–Kier alpha value is -1.26. The number of nitrogens with two attached hydrogens (primary N) is 1. The van der Waals surface area contributed by atoms with E-state index in [9.17, 15) is 0 Å². The van der Waals surface area contributed by atoms with Crippen LogP contribution >= 0.6 is 0 Å². The molecular weight excluding hydrogens is 204 g/mol. The van der Waals surface area contributed by atoms with Gasteiger partial charge in [0.1, 0.15) is 0 Å². The Balaban J connectivity index is 1.79. The minimum Gasteiger partial charge on any atom is -0.454 e. The number of hydrogen-bond acceptors (Lipinski definition) is 4. The minimum absolute atomic E-state index is 0.343. The molecule has 3 rings (SSSR count). The van der Waals surface area contributed by atoms with Gasteiger partial charge in [0.2, 0.25) is 6.79 Å². The van der Waals surface area contributed by atoms with Crippen molar-refractivity contribution in [3.63, 3.8) is 0 Å². The van der Waals surface area contributed by atoms with E-state index in [0.717, 1.165) is 31.1 Å². The molecule has 1 saturated heterocycles. The zero-order chi connectivity index (χ0) is 11.0. The van der Waals surface area contributed by atoms with Crippen LogP contribution in [0.4, 0.5) is 0 Å². The molecule has 1 atom stereocenters. The molecule has 0 bridgehead atoms. The van der Waals surface area contributed by atoms with E-state index in [0.29, 0.717) is 12.8 Å². The highest BCUT2D eigenvalue weighted by molar-refractivity contribution is 5.45. The highest BCUT2D eigenvalue weighted by Gasteiger charge is 2.29. The third kappa shape index (κ3) is 1.54. The summed E-state index contributed by atoms with van der Waals surface area (Å²) in [6.07, 6.45) is 1.21. The molecule has 2 aliphatic rings. The molecule has 1 fully saturated rings. The fourth-order valence-corrected chi connectivity index (χ4v) is 2.37. The van der Waals surface area contributed by atoms with Gasteiger partial charge in [0.05, 0.1) is 0 Å². The number of rotatable bonds is 3. The first-order valence-corrected chi connectivity index (χ1v) is 5.72. The molecular formula is C12H16N2O2. The van der Waals surface area contributed by atoms with Gasteiger partial charge in [-0.25, -0.2) is 0 Å². The normalized spacial score (nSPS) is 23.2. The summed E-state index contributed by atoms with van der Waals surface area (Å²) in [4.78, 5) is 2.40. The molecule has 0 aromatic heterocycles. The van der Waals surface area contributed by atoms with Crippen molar-refractivity contribution in [1.29, 1.82) is 0 Å². The molecule has 4 nitrogen and oxygen atoms in total. The lowest BCUT2D eigenvalue weighted by Gasteiger charge is -2.41. The third-order valence-corrected chi connectivity index (χ3v) is 3.33. The topological polar surface area (TPSA) is 47.7 Å². The number of nitrogens with zero attached hydrogens (tertiary/aromatic N) is 1. The summed E-state index contributed by atoms with van der Waals surface area (Å²) in [5.74, 6) is 1.73. The van der Waals surface area contributed by atoms with Crippen molar-refractivity contribution >= 4 is 0 Å². The summed E-state index contributed by atoms with van der Waals surface area (Å²) in [7, 11) is 0. The molecule has 16 heavy (non-hydrogen) atoms. The van der Waals surface area contributed by atoms with E-state index in [2.05, 4.69) is 17.0 Å². The van der Waals surface area contributed by atoms with Crippen LogP contribution in [0.2, 0.25) is 0 Å². The number of hydrogen-bond donors (Lipinski definition) is 1. The molecule has 2 N–H and O–H groups in total. The van der Waals surface area contributed by atoms with Crippen molar-refractivity contribution in [2.75, 3.05) is 26.4 Å². The Morgan fingerprint density at radius 2 is 2.19 bits per heavy atom. The molecule has 1 aromatic rings. The second-order valence-corrected chi connectivity index (χ2v) is 4.24. The second-order valence-electron chi connectivity index (χ2n) is 4.24. The summed E-state index contributed by atoms with van der Waals surface area (Å²) >= 11 is 0. The van der Waals surface area contributed by atoms with Gasteiger partial charge in [-0.1, -0.05) is 6.07 Å².